The van der Waals surface area contributed by atoms with Crippen molar-refractivity contribution in [3.8, 4) is 0 Å². The number of nitrogens with zero attached hydrogens (tertiary/aromatic N) is 3. The maximum atomic E-state index is 12.9. The molecule has 190 valence electrons. The maximum Gasteiger partial charge on any atom is 0.409 e. The van der Waals surface area contributed by atoms with Gasteiger partial charge in [0.05, 0.1) is 11.0 Å². The molecule has 5 rings (SSSR count). The molecule has 37 heavy (non-hydrogen) atoms. The van der Waals surface area contributed by atoms with Gasteiger partial charge in [-0.3, -0.25) is 4.90 Å². The van der Waals surface area contributed by atoms with E-state index in [1.165, 1.54) is 5.56 Å². The Kier molecular flexibility index (Phi) is 7.87. The van der Waals surface area contributed by atoms with Crippen LogP contribution in [0.15, 0.2) is 72.8 Å². The molecule has 1 aliphatic heterocycles. The second kappa shape index (κ2) is 11.8. The highest BCUT2D eigenvalue weighted by atomic mass is 16.6. The van der Waals surface area contributed by atoms with Crippen molar-refractivity contribution in [3.63, 3.8) is 0 Å². The quantitative estimate of drug-likeness (QED) is 0.331. The van der Waals surface area contributed by atoms with Crippen LogP contribution in [0.2, 0.25) is 0 Å². The summed E-state index contributed by atoms with van der Waals surface area (Å²) in [6.07, 6.45) is 1.46. The monoisotopic (exact) mass is 495 g/mol. The van der Waals surface area contributed by atoms with E-state index in [9.17, 15) is 4.79 Å². The normalized spacial score (nSPS) is 14.9. The van der Waals surface area contributed by atoms with Crippen molar-refractivity contribution in [3.05, 3.63) is 96.1 Å². The number of carbonyl (C=O) groups excluding carboxylic acids is 1. The lowest BCUT2D eigenvalue weighted by atomic mass is 10.1. The molecule has 1 aliphatic rings. The Labute approximate surface area is 218 Å². The molecule has 3 aromatic carbocycles. The van der Waals surface area contributed by atoms with Crippen LogP contribution >= 0.6 is 0 Å². The maximum absolute atomic E-state index is 12.9. The molecule has 4 aromatic rings. The van der Waals surface area contributed by atoms with Gasteiger partial charge >= 0.3 is 6.09 Å². The van der Waals surface area contributed by atoms with Crippen LogP contribution in [0.4, 0.5) is 10.7 Å². The Morgan fingerprint density at radius 1 is 1.11 bits per heavy atom. The summed E-state index contributed by atoms with van der Waals surface area (Å²) >= 11 is 0. The number of amides is 1. The number of para-hydroxylation sites is 2. The first-order valence-corrected chi connectivity index (χ1v) is 12.9. The van der Waals surface area contributed by atoms with Gasteiger partial charge in [0.25, 0.3) is 0 Å². The van der Waals surface area contributed by atoms with E-state index in [1.807, 2.05) is 59.5 Å². The molecule has 1 aromatic heterocycles. The van der Waals surface area contributed by atoms with Crippen LogP contribution in [-0.2, 0) is 17.8 Å². The van der Waals surface area contributed by atoms with Gasteiger partial charge in [0, 0.05) is 43.8 Å². The van der Waals surface area contributed by atoms with Gasteiger partial charge in [-0.2, -0.15) is 0 Å². The SMILES string of the molecule is C[C@@H](COC(=O)N1CCC(Nc2nc3ccccc3[nH]2)CC1)N(Cc1c#cccc1)Cc1ccccc1. The van der Waals surface area contributed by atoms with Crippen LogP contribution in [-0.4, -0.2) is 57.6 Å². The number of rotatable bonds is 9. The fraction of sp³-hybridized carbons (Fsp3) is 0.333. The molecule has 2 N–H and O–H groups in total. The van der Waals surface area contributed by atoms with Crippen LogP contribution in [0, 0.1) is 12.1 Å². The van der Waals surface area contributed by atoms with Crippen molar-refractivity contribution < 1.29 is 9.53 Å². The number of benzene rings is 2. The zero-order chi connectivity index (χ0) is 25.5. The van der Waals surface area contributed by atoms with Gasteiger partial charge < -0.3 is 19.9 Å². The number of aromatic amines is 1. The molecule has 7 heteroatoms. The summed E-state index contributed by atoms with van der Waals surface area (Å²) in [7, 11) is 0. The average molecular weight is 496 g/mol. The fourth-order valence-electron chi connectivity index (χ4n) is 4.69. The number of nitrogens with one attached hydrogen (secondary N) is 2. The number of fused-ring (bicyclic) bond motifs is 1. The highest BCUT2D eigenvalue weighted by Gasteiger charge is 2.25. The first-order chi connectivity index (χ1) is 18.1. The topological polar surface area (TPSA) is 73.5 Å². The summed E-state index contributed by atoms with van der Waals surface area (Å²) < 4.78 is 5.78. The van der Waals surface area contributed by atoms with E-state index >= 15 is 0 Å². The third kappa shape index (κ3) is 6.60. The molecule has 1 amide bonds. The molecule has 0 unspecified atom stereocenters. The standard InChI is InChI=1S/C30H33N5O2/c1-23(35(20-24-10-4-2-5-11-24)21-25-12-6-3-7-13-25)22-37-30(36)34-18-16-26(17-19-34)31-29-32-27-14-8-9-15-28(27)33-29/h2-6,8-12,14-15,23,26H,16-22H2,1H3,(H2,31,32,33)/t23-/m0/s1. The second-order valence-electron chi connectivity index (χ2n) is 9.65. The summed E-state index contributed by atoms with van der Waals surface area (Å²) in [5.74, 6) is 0.780. The van der Waals surface area contributed by atoms with Crippen molar-refractivity contribution >= 4 is 23.1 Å². The minimum absolute atomic E-state index is 0.0463. The van der Waals surface area contributed by atoms with Crippen LogP contribution in [0.3, 0.4) is 0 Å². The number of anilines is 1. The predicted octanol–water partition coefficient (Wildman–Crippen LogP) is 5.27. The Morgan fingerprint density at radius 3 is 2.65 bits per heavy atom. The first kappa shape index (κ1) is 24.7. The van der Waals surface area contributed by atoms with Crippen LogP contribution < -0.4 is 5.32 Å². The number of H-pyrrole nitrogens is 1. The average Bonchev–Trinajstić information content (AvgIpc) is 3.35. The molecular weight excluding hydrogens is 462 g/mol. The zero-order valence-corrected chi connectivity index (χ0v) is 21.2. The van der Waals surface area contributed by atoms with Gasteiger partial charge in [-0.05, 0) is 49.6 Å². The van der Waals surface area contributed by atoms with Gasteiger partial charge in [-0.1, -0.05) is 60.7 Å². The molecule has 2 heterocycles. The molecular formula is C30H33N5O2. The molecule has 0 saturated carbocycles. The minimum Gasteiger partial charge on any atom is -0.448 e. The van der Waals surface area contributed by atoms with Crippen molar-refractivity contribution in [2.75, 3.05) is 25.0 Å². The van der Waals surface area contributed by atoms with Crippen LogP contribution in [0.1, 0.15) is 30.9 Å². The predicted molar refractivity (Wildman–Crippen MR) is 145 cm³/mol. The summed E-state index contributed by atoms with van der Waals surface area (Å²) in [5, 5.41) is 3.48. The third-order valence-corrected chi connectivity index (χ3v) is 6.87. The number of aromatic nitrogens is 2. The van der Waals surface area contributed by atoms with E-state index in [1.54, 1.807) is 0 Å². The molecule has 1 fully saturated rings. The zero-order valence-electron chi connectivity index (χ0n) is 21.2. The van der Waals surface area contributed by atoms with Gasteiger partial charge in [0.15, 0.2) is 0 Å². The summed E-state index contributed by atoms with van der Waals surface area (Å²) in [6, 6.07) is 30.8. The molecule has 0 spiro atoms. The molecule has 7 nitrogen and oxygen atoms in total. The second-order valence-corrected chi connectivity index (χ2v) is 9.65. The number of hydrogen-bond donors (Lipinski definition) is 2. The Morgan fingerprint density at radius 2 is 1.89 bits per heavy atom. The highest BCUT2D eigenvalue weighted by molar-refractivity contribution is 5.77. The van der Waals surface area contributed by atoms with Crippen molar-refractivity contribution in [1.29, 1.82) is 0 Å². The Balaban J connectivity index is 1.11. The lowest BCUT2D eigenvalue weighted by Gasteiger charge is -2.33. The van der Waals surface area contributed by atoms with E-state index in [2.05, 4.69) is 57.4 Å². The molecule has 0 radical (unpaired) electrons. The largest absolute Gasteiger partial charge is 0.448 e. The van der Waals surface area contributed by atoms with Gasteiger partial charge in [-0.25, -0.2) is 9.78 Å². The van der Waals surface area contributed by atoms with E-state index in [4.69, 9.17) is 4.74 Å². The number of likely N-dealkylation sites (tertiary alicyclic amines) is 1. The Bertz CT molecular complexity index is 1190. The van der Waals surface area contributed by atoms with E-state index in [0.717, 1.165) is 41.9 Å². The molecule has 0 aliphatic carbocycles. The van der Waals surface area contributed by atoms with Gasteiger partial charge in [0.2, 0.25) is 5.95 Å². The lowest BCUT2D eigenvalue weighted by molar-refractivity contribution is 0.0595. The highest BCUT2D eigenvalue weighted by Crippen LogP contribution is 2.19. The van der Waals surface area contributed by atoms with Gasteiger partial charge in [0.1, 0.15) is 6.61 Å². The number of carbonyl (C=O) groups is 1. The first-order valence-electron chi connectivity index (χ1n) is 12.9. The van der Waals surface area contributed by atoms with Crippen molar-refractivity contribution in [2.24, 2.45) is 0 Å². The Hall–Kier alpha value is -4.02. The van der Waals surface area contributed by atoms with Crippen molar-refractivity contribution in [1.82, 2.24) is 19.8 Å². The summed E-state index contributed by atoms with van der Waals surface area (Å²) in [6.45, 7) is 5.23. The van der Waals surface area contributed by atoms with Crippen molar-refractivity contribution in [2.45, 2.75) is 44.9 Å². The van der Waals surface area contributed by atoms with E-state index in [-0.39, 0.29) is 18.2 Å². The van der Waals surface area contributed by atoms with E-state index < -0.39 is 0 Å². The summed E-state index contributed by atoms with van der Waals surface area (Å²) in [5.41, 5.74) is 4.25. The fourth-order valence-corrected chi connectivity index (χ4v) is 4.69. The van der Waals surface area contributed by atoms with Crippen LogP contribution in [0.5, 0.6) is 0 Å². The lowest BCUT2D eigenvalue weighted by Crippen LogP contribution is -2.44. The number of piperidine rings is 1. The number of imidazole rings is 1. The molecule has 0 bridgehead atoms. The third-order valence-electron chi connectivity index (χ3n) is 6.87. The molecule has 1 atom stereocenters. The molecule has 1 saturated heterocycles. The van der Waals surface area contributed by atoms with Crippen LogP contribution in [0.25, 0.3) is 11.0 Å². The van der Waals surface area contributed by atoms with E-state index in [0.29, 0.717) is 26.2 Å². The smallest absolute Gasteiger partial charge is 0.409 e. The minimum atomic E-state index is -0.242. The summed E-state index contributed by atoms with van der Waals surface area (Å²) in [4.78, 5) is 24.9. The van der Waals surface area contributed by atoms with Gasteiger partial charge in [-0.15, -0.1) is 0 Å². The number of ether oxygens (including phenoxy) is 1. The number of hydrogen-bond acceptors (Lipinski definition) is 5.